The van der Waals surface area contributed by atoms with Gasteiger partial charge in [0.2, 0.25) is 11.8 Å². The van der Waals surface area contributed by atoms with Crippen LogP contribution in [0.3, 0.4) is 0 Å². The van der Waals surface area contributed by atoms with E-state index in [2.05, 4.69) is 26.1 Å². The van der Waals surface area contributed by atoms with Crippen molar-refractivity contribution in [2.45, 2.75) is 50.5 Å². The highest BCUT2D eigenvalue weighted by atomic mass is 32.1. The Bertz CT molecular complexity index is 596. The third-order valence-corrected chi connectivity index (χ3v) is 5.35. The molecule has 0 bridgehead atoms. The lowest BCUT2D eigenvalue weighted by Gasteiger charge is -2.36. The second-order valence-corrected chi connectivity index (χ2v) is 7.26. The zero-order valence-electron chi connectivity index (χ0n) is 13.6. The molecule has 3 rings (SSSR count). The summed E-state index contributed by atoms with van der Waals surface area (Å²) in [6.07, 6.45) is 9.75. The van der Waals surface area contributed by atoms with Gasteiger partial charge in [-0.25, -0.2) is 10.4 Å². The Kier molecular flexibility index (Phi) is 5.44. The summed E-state index contributed by atoms with van der Waals surface area (Å²) in [5, 5.41) is 12.9. The third-order valence-electron chi connectivity index (χ3n) is 4.66. The summed E-state index contributed by atoms with van der Waals surface area (Å²) in [4.78, 5) is 28.5. The second-order valence-electron chi connectivity index (χ2n) is 6.36. The van der Waals surface area contributed by atoms with Crippen LogP contribution in [-0.2, 0) is 9.59 Å². The van der Waals surface area contributed by atoms with Gasteiger partial charge in [-0.3, -0.25) is 9.59 Å². The van der Waals surface area contributed by atoms with E-state index in [1.165, 1.54) is 17.8 Å². The van der Waals surface area contributed by atoms with Gasteiger partial charge in [0.05, 0.1) is 5.92 Å². The SMILES string of the molecule is O=C1NN=CC1CCCNC(=O)C1(Nc2nccs2)CCCCC1. The molecule has 1 aliphatic heterocycles. The quantitative estimate of drug-likeness (QED) is 0.655. The fourth-order valence-electron chi connectivity index (χ4n) is 3.29. The topological polar surface area (TPSA) is 95.5 Å². The molecule has 2 aliphatic rings. The van der Waals surface area contributed by atoms with Crippen molar-refractivity contribution in [3.05, 3.63) is 11.6 Å². The summed E-state index contributed by atoms with van der Waals surface area (Å²) in [5.74, 6) is -0.184. The summed E-state index contributed by atoms with van der Waals surface area (Å²) in [5.41, 5.74) is 1.88. The summed E-state index contributed by atoms with van der Waals surface area (Å²) in [7, 11) is 0. The van der Waals surface area contributed by atoms with Gasteiger partial charge in [0, 0.05) is 24.3 Å². The van der Waals surface area contributed by atoms with Crippen molar-refractivity contribution < 1.29 is 9.59 Å². The number of nitrogens with one attached hydrogen (secondary N) is 3. The van der Waals surface area contributed by atoms with Crippen LogP contribution in [-0.4, -0.2) is 35.1 Å². The van der Waals surface area contributed by atoms with Crippen LogP contribution < -0.4 is 16.1 Å². The van der Waals surface area contributed by atoms with Crippen molar-refractivity contribution in [1.82, 2.24) is 15.7 Å². The number of thiazole rings is 1. The number of carbonyl (C=O) groups excluding carboxylic acids is 2. The minimum Gasteiger partial charge on any atom is -0.354 e. The molecule has 8 heteroatoms. The molecule has 0 radical (unpaired) electrons. The van der Waals surface area contributed by atoms with E-state index in [1.807, 2.05) is 5.38 Å². The molecule has 1 saturated carbocycles. The summed E-state index contributed by atoms with van der Waals surface area (Å²) in [6.45, 7) is 0.567. The number of rotatable bonds is 7. The molecule has 1 atom stereocenters. The van der Waals surface area contributed by atoms with Crippen molar-refractivity contribution >= 4 is 34.5 Å². The lowest BCUT2D eigenvalue weighted by Crippen LogP contribution is -2.53. The first kappa shape index (κ1) is 16.9. The molecule has 1 fully saturated rings. The van der Waals surface area contributed by atoms with Gasteiger partial charge in [-0.1, -0.05) is 19.3 Å². The number of aromatic nitrogens is 1. The molecule has 0 aromatic carbocycles. The molecule has 7 nitrogen and oxygen atoms in total. The van der Waals surface area contributed by atoms with Crippen LogP contribution in [0.15, 0.2) is 16.7 Å². The average molecular weight is 349 g/mol. The fraction of sp³-hybridized carbons (Fsp3) is 0.625. The van der Waals surface area contributed by atoms with Crippen LogP contribution in [0, 0.1) is 5.92 Å². The second kappa shape index (κ2) is 7.74. The Hall–Kier alpha value is -1.96. The van der Waals surface area contributed by atoms with E-state index >= 15 is 0 Å². The maximum Gasteiger partial charge on any atom is 0.248 e. The van der Waals surface area contributed by atoms with Crippen LogP contribution >= 0.6 is 11.3 Å². The van der Waals surface area contributed by atoms with Crippen LogP contribution in [0.25, 0.3) is 0 Å². The van der Waals surface area contributed by atoms with Gasteiger partial charge in [0.25, 0.3) is 0 Å². The summed E-state index contributed by atoms with van der Waals surface area (Å²) < 4.78 is 0. The number of nitrogens with zero attached hydrogens (tertiary/aromatic N) is 2. The number of hydrazone groups is 1. The predicted octanol–water partition coefficient (Wildman–Crippen LogP) is 1.89. The van der Waals surface area contributed by atoms with E-state index in [1.54, 1.807) is 12.4 Å². The minimum atomic E-state index is -0.553. The number of hydrogen-bond donors (Lipinski definition) is 3. The van der Waals surface area contributed by atoms with E-state index in [4.69, 9.17) is 0 Å². The number of amides is 2. The van der Waals surface area contributed by atoms with Crippen LogP contribution in [0.1, 0.15) is 44.9 Å². The average Bonchev–Trinajstić information content (AvgIpc) is 3.24. The minimum absolute atomic E-state index is 0.0435. The summed E-state index contributed by atoms with van der Waals surface area (Å²) >= 11 is 1.52. The first-order valence-corrected chi connectivity index (χ1v) is 9.37. The van der Waals surface area contributed by atoms with Gasteiger partial charge in [0.1, 0.15) is 5.54 Å². The molecule has 1 aromatic rings. The molecule has 2 heterocycles. The van der Waals surface area contributed by atoms with Crippen molar-refractivity contribution in [1.29, 1.82) is 0 Å². The molecule has 1 aromatic heterocycles. The van der Waals surface area contributed by atoms with Crippen molar-refractivity contribution in [2.75, 3.05) is 11.9 Å². The lowest BCUT2D eigenvalue weighted by molar-refractivity contribution is -0.126. The van der Waals surface area contributed by atoms with E-state index in [-0.39, 0.29) is 17.7 Å². The number of anilines is 1. The smallest absolute Gasteiger partial charge is 0.248 e. The highest BCUT2D eigenvalue weighted by molar-refractivity contribution is 7.13. The maximum atomic E-state index is 12.8. The molecular weight excluding hydrogens is 326 g/mol. The monoisotopic (exact) mass is 349 g/mol. The van der Waals surface area contributed by atoms with Gasteiger partial charge in [-0.15, -0.1) is 11.3 Å². The van der Waals surface area contributed by atoms with E-state index in [0.717, 1.165) is 37.2 Å². The van der Waals surface area contributed by atoms with E-state index in [9.17, 15) is 9.59 Å². The first-order chi connectivity index (χ1) is 11.7. The molecule has 1 aliphatic carbocycles. The lowest BCUT2D eigenvalue weighted by atomic mass is 9.81. The molecule has 1 unspecified atom stereocenters. The molecule has 24 heavy (non-hydrogen) atoms. The van der Waals surface area contributed by atoms with Gasteiger partial charge in [0.15, 0.2) is 5.13 Å². The molecule has 2 amide bonds. The molecule has 130 valence electrons. The third kappa shape index (κ3) is 3.92. The van der Waals surface area contributed by atoms with E-state index < -0.39 is 5.54 Å². The largest absolute Gasteiger partial charge is 0.354 e. The van der Waals surface area contributed by atoms with Gasteiger partial charge in [-0.05, 0) is 25.7 Å². The van der Waals surface area contributed by atoms with Gasteiger partial charge >= 0.3 is 0 Å². The molecule has 3 N–H and O–H groups in total. The standard InChI is InChI=1S/C16H23N5O2S/c22-13-12(11-19-21-13)5-4-8-17-14(23)16(6-2-1-3-7-16)20-15-18-9-10-24-15/h9-12H,1-8H2,(H,17,23)(H,18,20)(H,21,22). The normalized spacial score (nSPS) is 22.2. The van der Waals surface area contributed by atoms with Crippen molar-refractivity contribution in [3.8, 4) is 0 Å². The van der Waals surface area contributed by atoms with Gasteiger partial charge in [-0.2, -0.15) is 5.10 Å². The summed E-state index contributed by atoms with van der Waals surface area (Å²) in [6, 6.07) is 0. The number of hydrogen-bond acceptors (Lipinski definition) is 6. The van der Waals surface area contributed by atoms with Crippen LogP contribution in [0.4, 0.5) is 5.13 Å². The van der Waals surface area contributed by atoms with Crippen molar-refractivity contribution in [3.63, 3.8) is 0 Å². The Balaban J connectivity index is 1.51. The predicted molar refractivity (Wildman–Crippen MR) is 93.9 cm³/mol. The highest BCUT2D eigenvalue weighted by Gasteiger charge is 2.39. The first-order valence-electron chi connectivity index (χ1n) is 8.49. The maximum absolute atomic E-state index is 12.8. The highest BCUT2D eigenvalue weighted by Crippen LogP contribution is 2.32. The Morgan fingerprint density at radius 3 is 2.88 bits per heavy atom. The fourth-order valence-corrected chi connectivity index (χ4v) is 3.92. The Morgan fingerprint density at radius 2 is 2.21 bits per heavy atom. The van der Waals surface area contributed by atoms with Crippen LogP contribution in [0.5, 0.6) is 0 Å². The van der Waals surface area contributed by atoms with E-state index in [0.29, 0.717) is 13.0 Å². The van der Waals surface area contributed by atoms with Crippen molar-refractivity contribution in [2.24, 2.45) is 11.0 Å². The molecule has 0 spiro atoms. The van der Waals surface area contributed by atoms with Crippen LogP contribution in [0.2, 0.25) is 0 Å². The molecule has 0 saturated heterocycles. The zero-order valence-corrected chi connectivity index (χ0v) is 14.4. The molecular formula is C16H23N5O2S. The zero-order chi connectivity index (χ0) is 16.8. The Labute approximate surface area is 145 Å². The number of carbonyl (C=O) groups is 2. The Morgan fingerprint density at radius 1 is 1.38 bits per heavy atom. The van der Waals surface area contributed by atoms with Gasteiger partial charge < -0.3 is 10.6 Å².